The number of hydrogen-bond donors (Lipinski definition) is 0. The summed E-state index contributed by atoms with van der Waals surface area (Å²) in [7, 11) is 0. The Bertz CT molecular complexity index is 499. The molecule has 23 heavy (non-hydrogen) atoms. The first-order valence-electron chi connectivity index (χ1n) is 8.94. The van der Waals surface area contributed by atoms with Crippen LogP contribution in [0.4, 0.5) is 8.78 Å². The Kier molecular flexibility index (Phi) is 6.32. The molecule has 0 saturated heterocycles. The highest BCUT2D eigenvalue weighted by Crippen LogP contribution is 2.38. The fraction of sp³-hybridized carbons (Fsp3) is 0.650. The van der Waals surface area contributed by atoms with Gasteiger partial charge in [-0.3, -0.25) is 4.79 Å². The van der Waals surface area contributed by atoms with Gasteiger partial charge in [-0.15, -0.1) is 0 Å². The first kappa shape index (κ1) is 18.1. The van der Waals surface area contributed by atoms with E-state index in [0.717, 1.165) is 31.2 Å². The van der Waals surface area contributed by atoms with Crippen LogP contribution in [0.3, 0.4) is 0 Å². The van der Waals surface area contributed by atoms with Crippen LogP contribution < -0.4 is 0 Å². The van der Waals surface area contributed by atoms with E-state index in [-0.39, 0.29) is 5.56 Å². The number of carbonyl (C=O) groups is 1. The number of hydrogen-bond acceptors (Lipinski definition) is 1. The van der Waals surface area contributed by atoms with Gasteiger partial charge in [0.25, 0.3) is 0 Å². The lowest BCUT2D eigenvalue weighted by Crippen LogP contribution is -2.23. The van der Waals surface area contributed by atoms with Gasteiger partial charge < -0.3 is 0 Å². The number of unbranched alkanes of at least 4 members (excludes halogenated alkanes) is 2. The summed E-state index contributed by atoms with van der Waals surface area (Å²) in [5.41, 5.74) is 0.946. The molecule has 0 unspecified atom stereocenters. The Labute approximate surface area is 138 Å². The van der Waals surface area contributed by atoms with Crippen LogP contribution in [0.5, 0.6) is 0 Å². The van der Waals surface area contributed by atoms with Gasteiger partial charge in [0.05, 0.1) is 0 Å². The molecule has 2 rings (SSSR count). The highest BCUT2D eigenvalue weighted by molar-refractivity contribution is 5.84. The fourth-order valence-electron chi connectivity index (χ4n) is 3.64. The molecule has 1 fully saturated rings. The van der Waals surface area contributed by atoms with E-state index in [9.17, 15) is 13.6 Å². The Morgan fingerprint density at radius 3 is 2.22 bits per heavy atom. The summed E-state index contributed by atoms with van der Waals surface area (Å²) in [6, 6.07) is 6.41. The largest absolute Gasteiger partial charge is 0.330 e. The van der Waals surface area contributed by atoms with Crippen molar-refractivity contribution < 1.29 is 13.6 Å². The van der Waals surface area contributed by atoms with Gasteiger partial charge >= 0.3 is 5.92 Å². The minimum atomic E-state index is -3.37. The topological polar surface area (TPSA) is 17.1 Å². The SMILES string of the molecule is CCCCCC1CCC(c2ccc(C(F)(F)C(C)=O)cc2)CC1. The molecule has 0 aliphatic heterocycles. The standard InChI is InChI=1S/C20H28F2O/c1-3-4-5-6-16-7-9-17(10-8-16)18-11-13-19(14-12-18)20(21,22)15(2)23/h11-14,16-17H,3-10H2,1-2H3. The van der Waals surface area contributed by atoms with Crippen molar-refractivity contribution in [2.45, 2.75) is 77.1 Å². The number of Topliss-reactive ketones (excluding diaryl/α,β-unsaturated/α-hetero) is 1. The van der Waals surface area contributed by atoms with Crippen LogP contribution in [0.1, 0.15) is 82.3 Å². The predicted molar refractivity (Wildman–Crippen MR) is 89.9 cm³/mol. The third kappa shape index (κ3) is 4.62. The van der Waals surface area contributed by atoms with E-state index in [4.69, 9.17) is 0 Å². The van der Waals surface area contributed by atoms with Crippen LogP contribution in [0.15, 0.2) is 24.3 Å². The molecule has 3 heteroatoms. The normalized spacial score (nSPS) is 22.1. The van der Waals surface area contributed by atoms with Crippen LogP contribution >= 0.6 is 0 Å². The molecule has 0 aromatic heterocycles. The second kappa shape index (κ2) is 8.03. The fourth-order valence-corrected chi connectivity index (χ4v) is 3.64. The summed E-state index contributed by atoms with van der Waals surface area (Å²) in [4.78, 5) is 11.0. The highest BCUT2D eigenvalue weighted by atomic mass is 19.3. The monoisotopic (exact) mass is 322 g/mol. The molecule has 128 valence electrons. The smallest absolute Gasteiger partial charge is 0.293 e. The van der Waals surface area contributed by atoms with Gasteiger partial charge in [0.2, 0.25) is 5.78 Å². The summed E-state index contributed by atoms with van der Waals surface area (Å²) in [6.07, 6.45) is 10.1. The zero-order valence-corrected chi connectivity index (χ0v) is 14.3. The lowest BCUT2D eigenvalue weighted by Gasteiger charge is -2.29. The van der Waals surface area contributed by atoms with Gasteiger partial charge in [-0.05, 0) is 43.1 Å². The summed E-state index contributed by atoms with van der Waals surface area (Å²) in [6.45, 7) is 3.17. The predicted octanol–water partition coefficient (Wildman–Crippen LogP) is 6.22. The average molecular weight is 322 g/mol. The Hall–Kier alpha value is -1.25. The summed E-state index contributed by atoms with van der Waals surface area (Å²) >= 11 is 0. The molecule has 1 aliphatic rings. The molecule has 1 nitrogen and oxygen atoms in total. The van der Waals surface area contributed by atoms with Crippen LogP contribution in [-0.2, 0) is 10.7 Å². The van der Waals surface area contributed by atoms with E-state index >= 15 is 0 Å². The Balaban J connectivity index is 1.90. The molecule has 0 radical (unpaired) electrons. The van der Waals surface area contributed by atoms with E-state index in [2.05, 4.69) is 6.92 Å². The van der Waals surface area contributed by atoms with Gasteiger partial charge in [0, 0.05) is 12.5 Å². The molecule has 1 aromatic rings. The van der Waals surface area contributed by atoms with E-state index in [1.165, 1.54) is 50.7 Å². The zero-order chi connectivity index (χ0) is 16.9. The van der Waals surface area contributed by atoms with Gasteiger partial charge in [0.1, 0.15) is 0 Å². The van der Waals surface area contributed by atoms with Crippen molar-refractivity contribution in [1.82, 2.24) is 0 Å². The number of rotatable bonds is 7. The zero-order valence-electron chi connectivity index (χ0n) is 14.3. The number of halogens is 2. The summed E-state index contributed by atoms with van der Waals surface area (Å²) in [5.74, 6) is -3.13. The number of alkyl halides is 2. The van der Waals surface area contributed by atoms with Crippen LogP contribution in [0, 0.1) is 5.92 Å². The van der Waals surface area contributed by atoms with E-state index in [1.54, 1.807) is 12.1 Å². The maximum Gasteiger partial charge on any atom is 0.330 e. The number of ketones is 1. The summed E-state index contributed by atoms with van der Waals surface area (Å²) in [5, 5.41) is 0. The molecule has 0 spiro atoms. The lowest BCUT2D eigenvalue weighted by molar-refractivity contribution is -0.141. The quantitative estimate of drug-likeness (QED) is 0.544. The minimum Gasteiger partial charge on any atom is -0.293 e. The van der Waals surface area contributed by atoms with Crippen molar-refractivity contribution in [3.05, 3.63) is 35.4 Å². The Morgan fingerprint density at radius 2 is 1.70 bits per heavy atom. The highest BCUT2D eigenvalue weighted by Gasteiger charge is 2.37. The number of carbonyl (C=O) groups excluding carboxylic acids is 1. The van der Waals surface area contributed by atoms with E-state index < -0.39 is 11.7 Å². The lowest BCUT2D eigenvalue weighted by atomic mass is 9.77. The van der Waals surface area contributed by atoms with Crippen molar-refractivity contribution in [2.75, 3.05) is 0 Å². The average Bonchev–Trinajstić information content (AvgIpc) is 2.56. The van der Waals surface area contributed by atoms with E-state index in [1.807, 2.05) is 0 Å². The molecule has 0 bridgehead atoms. The van der Waals surface area contributed by atoms with Gasteiger partial charge in [-0.2, -0.15) is 8.78 Å². The van der Waals surface area contributed by atoms with Crippen LogP contribution in [0.2, 0.25) is 0 Å². The minimum absolute atomic E-state index is 0.193. The van der Waals surface area contributed by atoms with Crippen molar-refractivity contribution in [2.24, 2.45) is 5.92 Å². The van der Waals surface area contributed by atoms with Gasteiger partial charge in [-0.25, -0.2) is 0 Å². The molecule has 1 saturated carbocycles. The molecule has 0 amide bonds. The molecular weight excluding hydrogens is 294 g/mol. The first-order valence-corrected chi connectivity index (χ1v) is 8.94. The molecule has 1 aromatic carbocycles. The Morgan fingerprint density at radius 1 is 1.09 bits per heavy atom. The van der Waals surface area contributed by atoms with Gasteiger partial charge in [0.15, 0.2) is 0 Å². The van der Waals surface area contributed by atoms with Crippen LogP contribution in [-0.4, -0.2) is 5.78 Å². The first-order chi connectivity index (χ1) is 10.9. The van der Waals surface area contributed by atoms with Crippen molar-refractivity contribution >= 4 is 5.78 Å². The third-order valence-corrected chi connectivity index (χ3v) is 5.25. The van der Waals surface area contributed by atoms with Crippen molar-refractivity contribution in [1.29, 1.82) is 0 Å². The molecule has 1 aliphatic carbocycles. The summed E-state index contributed by atoms with van der Waals surface area (Å²) < 4.78 is 27.4. The third-order valence-electron chi connectivity index (χ3n) is 5.25. The van der Waals surface area contributed by atoms with Crippen molar-refractivity contribution in [3.63, 3.8) is 0 Å². The maximum absolute atomic E-state index is 13.7. The van der Waals surface area contributed by atoms with E-state index in [0.29, 0.717) is 5.92 Å². The second-order valence-corrected chi connectivity index (χ2v) is 6.97. The maximum atomic E-state index is 13.7. The number of benzene rings is 1. The molecule has 0 heterocycles. The molecular formula is C20H28F2O. The van der Waals surface area contributed by atoms with Gasteiger partial charge in [-0.1, -0.05) is 56.9 Å². The van der Waals surface area contributed by atoms with Crippen molar-refractivity contribution in [3.8, 4) is 0 Å². The second-order valence-electron chi connectivity index (χ2n) is 6.97. The molecule has 0 N–H and O–H groups in total. The van der Waals surface area contributed by atoms with Crippen LogP contribution in [0.25, 0.3) is 0 Å². The molecule has 0 atom stereocenters.